The van der Waals surface area contributed by atoms with Crippen molar-refractivity contribution in [3.8, 4) is 0 Å². The molecule has 2 rings (SSSR count). The topological polar surface area (TPSA) is 9.23 Å². The smallest absolute Gasteiger partial charge is 0.0468 e. The summed E-state index contributed by atoms with van der Waals surface area (Å²) in [6.45, 7) is 4.03. The number of hydrogen-bond acceptors (Lipinski definition) is 1. The van der Waals surface area contributed by atoms with Gasteiger partial charge in [-0.15, -0.1) is 11.6 Å². The fourth-order valence-corrected chi connectivity index (χ4v) is 2.99. The monoisotopic (exact) mass is 252 g/mol. The summed E-state index contributed by atoms with van der Waals surface area (Å²) in [5.74, 6) is 2.01. The molecule has 0 aromatic heterocycles. The number of hydrogen-bond donors (Lipinski definition) is 0. The average molecular weight is 253 g/mol. The maximum Gasteiger partial charge on any atom is 0.0468 e. The summed E-state index contributed by atoms with van der Waals surface area (Å²) in [5, 5.41) is 0. The maximum atomic E-state index is 6.16. The first-order valence-corrected chi connectivity index (χ1v) is 7.04. The Morgan fingerprint density at radius 2 is 2.00 bits per heavy atom. The van der Waals surface area contributed by atoms with Gasteiger partial charge in [0, 0.05) is 19.1 Å². The van der Waals surface area contributed by atoms with Crippen LogP contribution in [0.3, 0.4) is 0 Å². The molecule has 1 unspecified atom stereocenters. The van der Waals surface area contributed by atoms with Gasteiger partial charge in [-0.1, -0.05) is 24.3 Å². The Morgan fingerprint density at radius 3 is 2.65 bits per heavy atom. The third kappa shape index (κ3) is 3.46. The normalized spacial score (nSPS) is 19.2. The van der Waals surface area contributed by atoms with Gasteiger partial charge in [0.05, 0.1) is 0 Å². The minimum absolute atomic E-state index is 0.501. The summed E-state index contributed by atoms with van der Waals surface area (Å²) in [6, 6.07) is 8.62. The van der Waals surface area contributed by atoms with E-state index in [2.05, 4.69) is 31.2 Å². The Bertz CT molecular complexity index is 345. The highest BCUT2D eigenvalue weighted by molar-refractivity contribution is 6.18. The van der Waals surface area contributed by atoms with E-state index in [0.717, 1.165) is 25.0 Å². The first-order chi connectivity index (χ1) is 8.31. The van der Waals surface area contributed by atoms with Gasteiger partial charge in [-0.3, -0.25) is 0 Å². The maximum absolute atomic E-state index is 6.16. The highest BCUT2D eigenvalue weighted by Crippen LogP contribution is 2.31. The molecule has 0 saturated carbocycles. The highest BCUT2D eigenvalue weighted by atomic mass is 35.5. The molecule has 1 aliphatic rings. The first-order valence-electron chi connectivity index (χ1n) is 6.50. The predicted octanol–water partition coefficient (Wildman–Crippen LogP) is 4.13. The molecule has 1 saturated heterocycles. The van der Waals surface area contributed by atoms with Crippen molar-refractivity contribution in [3.05, 3.63) is 35.4 Å². The molecule has 1 atom stereocenters. The van der Waals surface area contributed by atoms with Crippen LogP contribution in [0.15, 0.2) is 24.3 Å². The lowest BCUT2D eigenvalue weighted by Gasteiger charge is -2.26. The second-order valence-electron chi connectivity index (χ2n) is 5.00. The van der Waals surface area contributed by atoms with Gasteiger partial charge >= 0.3 is 0 Å². The summed E-state index contributed by atoms with van der Waals surface area (Å²) in [4.78, 5) is 0. The fraction of sp³-hybridized carbons (Fsp3) is 0.600. The summed E-state index contributed by atoms with van der Waals surface area (Å²) >= 11 is 6.16. The zero-order chi connectivity index (χ0) is 12.1. The van der Waals surface area contributed by atoms with Crippen molar-refractivity contribution in [3.63, 3.8) is 0 Å². The van der Waals surface area contributed by atoms with E-state index in [1.807, 2.05) is 0 Å². The lowest BCUT2D eigenvalue weighted by Crippen LogP contribution is -2.19. The van der Waals surface area contributed by atoms with Crippen molar-refractivity contribution < 1.29 is 4.74 Å². The van der Waals surface area contributed by atoms with Crippen LogP contribution in [0.2, 0.25) is 0 Å². The van der Waals surface area contributed by atoms with Crippen molar-refractivity contribution >= 4 is 11.6 Å². The predicted molar refractivity (Wildman–Crippen MR) is 72.8 cm³/mol. The molecule has 0 N–H and O–H groups in total. The van der Waals surface area contributed by atoms with Gasteiger partial charge in [-0.25, -0.2) is 0 Å². The molecule has 1 aliphatic heterocycles. The van der Waals surface area contributed by atoms with E-state index in [4.69, 9.17) is 16.3 Å². The summed E-state index contributed by atoms with van der Waals surface area (Å²) in [6.07, 6.45) is 3.59. The van der Waals surface area contributed by atoms with Crippen LogP contribution in [-0.2, 0) is 4.74 Å². The van der Waals surface area contributed by atoms with E-state index in [1.54, 1.807) is 0 Å². The van der Waals surface area contributed by atoms with E-state index in [0.29, 0.717) is 5.92 Å². The molecular weight excluding hydrogens is 232 g/mol. The number of aryl methyl sites for hydroxylation is 1. The van der Waals surface area contributed by atoms with Gasteiger partial charge in [0.1, 0.15) is 0 Å². The van der Waals surface area contributed by atoms with Gasteiger partial charge in [-0.2, -0.15) is 0 Å². The number of ether oxygens (including phenoxy) is 1. The SMILES string of the molecule is Cc1ccccc1C(CCl)CC1CCOCC1. The third-order valence-corrected chi connectivity index (χ3v) is 4.15. The van der Waals surface area contributed by atoms with Crippen LogP contribution in [0.25, 0.3) is 0 Å². The van der Waals surface area contributed by atoms with Crippen LogP contribution in [-0.4, -0.2) is 19.1 Å². The van der Waals surface area contributed by atoms with Gasteiger partial charge in [0.15, 0.2) is 0 Å². The van der Waals surface area contributed by atoms with Crippen molar-refractivity contribution in [1.82, 2.24) is 0 Å². The molecule has 0 amide bonds. The minimum atomic E-state index is 0.501. The molecule has 0 aliphatic carbocycles. The quantitative estimate of drug-likeness (QED) is 0.732. The highest BCUT2D eigenvalue weighted by Gasteiger charge is 2.20. The molecular formula is C15H21ClO. The van der Waals surface area contributed by atoms with Crippen LogP contribution < -0.4 is 0 Å². The lowest BCUT2D eigenvalue weighted by molar-refractivity contribution is 0.0622. The number of rotatable bonds is 4. The van der Waals surface area contributed by atoms with Crippen LogP contribution in [0.4, 0.5) is 0 Å². The Labute approximate surface area is 109 Å². The molecule has 1 aromatic carbocycles. The van der Waals surface area contributed by atoms with Gasteiger partial charge in [-0.05, 0) is 49.1 Å². The van der Waals surface area contributed by atoms with E-state index in [9.17, 15) is 0 Å². The zero-order valence-electron chi connectivity index (χ0n) is 10.5. The van der Waals surface area contributed by atoms with Crippen molar-refractivity contribution in [1.29, 1.82) is 0 Å². The second-order valence-corrected chi connectivity index (χ2v) is 5.31. The van der Waals surface area contributed by atoms with Gasteiger partial charge in [0.2, 0.25) is 0 Å². The van der Waals surface area contributed by atoms with E-state index >= 15 is 0 Å². The van der Waals surface area contributed by atoms with Crippen LogP contribution in [0.1, 0.15) is 36.3 Å². The van der Waals surface area contributed by atoms with Crippen molar-refractivity contribution in [2.75, 3.05) is 19.1 Å². The van der Waals surface area contributed by atoms with Crippen LogP contribution >= 0.6 is 11.6 Å². The number of benzene rings is 1. The van der Waals surface area contributed by atoms with Crippen LogP contribution in [0, 0.1) is 12.8 Å². The minimum Gasteiger partial charge on any atom is -0.381 e. The lowest BCUT2D eigenvalue weighted by atomic mass is 9.84. The molecule has 1 aromatic rings. The molecule has 1 fully saturated rings. The largest absolute Gasteiger partial charge is 0.381 e. The molecule has 1 nitrogen and oxygen atoms in total. The Hall–Kier alpha value is -0.530. The van der Waals surface area contributed by atoms with Crippen molar-refractivity contribution in [2.24, 2.45) is 5.92 Å². The number of halogens is 1. The third-order valence-electron chi connectivity index (χ3n) is 3.77. The fourth-order valence-electron chi connectivity index (χ4n) is 2.70. The Morgan fingerprint density at radius 1 is 1.29 bits per heavy atom. The molecule has 0 radical (unpaired) electrons. The van der Waals surface area contributed by atoms with Gasteiger partial charge < -0.3 is 4.74 Å². The summed E-state index contributed by atoms with van der Waals surface area (Å²) < 4.78 is 5.41. The standard InChI is InChI=1S/C15H21ClO/c1-12-4-2-3-5-15(12)14(11-16)10-13-6-8-17-9-7-13/h2-5,13-14H,6-11H2,1H3. The summed E-state index contributed by atoms with van der Waals surface area (Å²) in [7, 11) is 0. The van der Waals surface area contributed by atoms with Gasteiger partial charge in [0.25, 0.3) is 0 Å². The average Bonchev–Trinajstić information content (AvgIpc) is 2.38. The summed E-state index contributed by atoms with van der Waals surface area (Å²) in [5.41, 5.74) is 2.79. The molecule has 2 heteroatoms. The Kier molecular flexibility index (Phi) is 4.87. The van der Waals surface area contributed by atoms with Crippen LogP contribution in [0.5, 0.6) is 0 Å². The first kappa shape index (κ1) is 12.9. The van der Waals surface area contributed by atoms with E-state index < -0.39 is 0 Å². The number of alkyl halides is 1. The second kappa shape index (κ2) is 6.42. The van der Waals surface area contributed by atoms with E-state index in [1.165, 1.54) is 30.4 Å². The molecule has 1 heterocycles. The molecule has 0 spiro atoms. The Balaban J connectivity index is 2.03. The van der Waals surface area contributed by atoms with Crippen molar-refractivity contribution in [2.45, 2.75) is 32.1 Å². The van der Waals surface area contributed by atoms with E-state index in [-0.39, 0.29) is 0 Å². The molecule has 17 heavy (non-hydrogen) atoms. The molecule has 0 bridgehead atoms. The zero-order valence-corrected chi connectivity index (χ0v) is 11.2. The molecule has 94 valence electrons.